The Bertz CT molecular complexity index is 1630. The smallest absolute Gasteiger partial charge is 0.293 e. The molecule has 2 aromatic heterocycles. The van der Waals surface area contributed by atoms with Crippen LogP contribution in [-0.2, 0) is 4.74 Å². The normalized spacial score (nSPS) is 22.9. The van der Waals surface area contributed by atoms with E-state index in [-0.39, 0.29) is 62.5 Å². The van der Waals surface area contributed by atoms with Crippen LogP contribution in [0.3, 0.4) is 0 Å². The molecule has 4 aromatic rings. The molecule has 1 aliphatic rings. The summed E-state index contributed by atoms with van der Waals surface area (Å²) >= 11 is 0. The lowest BCUT2D eigenvalue weighted by molar-refractivity contribution is -0.277. The number of carbonyl (C=O) groups excluding carboxylic acids is 1. The second-order valence-corrected chi connectivity index (χ2v) is 8.91. The Kier molecular flexibility index (Phi) is 7.03. The fraction of sp³-hybridized carbons (Fsp3) is 0.308. The van der Waals surface area contributed by atoms with E-state index in [1.807, 2.05) is 0 Å². The van der Waals surface area contributed by atoms with Crippen LogP contribution < -0.4 is 19.6 Å². The zero-order chi connectivity index (χ0) is 28.9. The number of methoxy groups -OCH3 is 2. The highest BCUT2D eigenvalue weighted by molar-refractivity contribution is 6.15. The molecular weight excluding hydrogens is 536 g/mol. The van der Waals surface area contributed by atoms with Gasteiger partial charge in [-0.15, -0.1) is 0 Å². The third-order valence-corrected chi connectivity index (χ3v) is 6.58. The molecule has 1 fully saturated rings. The van der Waals surface area contributed by atoms with Crippen LogP contribution in [0.1, 0.15) is 10.4 Å². The minimum Gasteiger partial charge on any atom is -0.502 e. The van der Waals surface area contributed by atoms with E-state index in [1.165, 1.54) is 26.4 Å². The molecule has 3 heterocycles. The fourth-order valence-corrected chi connectivity index (χ4v) is 4.60. The maximum absolute atomic E-state index is 12.4. The summed E-state index contributed by atoms with van der Waals surface area (Å²) in [5.41, 5.74) is -1.14. The number of ether oxygens (including phenoxy) is 4. The van der Waals surface area contributed by atoms with Crippen LogP contribution >= 0.6 is 0 Å². The molecule has 0 saturated carbocycles. The molecule has 5 rings (SSSR count). The maximum atomic E-state index is 12.4. The quantitative estimate of drug-likeness (QED) is 0.171. The average molecular weight is 560 g/mol. The van der Waals surface area contributed by atoms with Crippen LogP contribution in [0.4, 0.5) is 0 Å². The highest BCUT2D eigenvalue weighted by atomic mass is 16.7. The van der Waals surface area contributed by atoms with Crippen molar-refractivity contribution in [2.75, 3.05) is 20.8 Å². The molecule has 2 aromatic carbocycles. The number of aldehydes is 1. The monoisotopic (exact) mass is 560 g/mol. The Morgan fingerprint density at radius 3 is 2.10 bits per heavy atom. The molecule has 0 spiro atoms. The lowest BCUT2D eigenvalue weighted by atomic mass is 9.99. The summed E-state index contributed by atoms with van der Waals surface area (Å²) in [6.07, 6.45) is -8.18. The van der Waals surface area contributed by atoms with Gasteiger partial charge < -0.3 is 58.4 Å². The summed E-state index contributed by atoms with van der Waals surface area (Å²) in [5.74, 6) is -1.91. The SMILES string of the molecule is COc1cc(-c2oc3cc(=O)cc4oc(O)c(C=O)c(c2O[C@@H]2O[C@H](CO)[C@@H](O)[C@H](O)[C@H]2O)c43)cc(OC)c1O. The molecule has 1 saturated heterocycles. The number of aliphatic hydroxyl groups is 4. The summed E-state index contributed by atoms with van der Waals surface area (Å²) < 4.78 is 33.3. The van der Waals surface area contributed by atoms with Gasteiger partial charge >= 0.3 is 0 Å². The third kappa shape index (κ3) is 4.27. The summed E-state index contributed by atoms with van der Waals surface area (Å²) in [7, 11) is 2.56. The number of hydrogen-bond donors (Lipinski definition) is 6. The first-order chi connectivity index (χ1) is 19.1. The van der Waals surface area contributed by atoms with Gasteiger partial charge in [-0.3, -0.25) is 9.59 Å². The minimum absolute atomic E-state index is 0.0422. The zero-order valence-corrected chi connectivity index (χ0v) is 20.9. The van der Waals surface area contributed by atoms with E-state index in [0.717, 1.165) is 12.1 Å². The van der Waals surface area contributed by atoms with E-state index < -0.39 is 54.3 Å². The molecule has 0 bridgehead atoms. The van der Waals surface area contributed by atoms with Crippen LogP contribution in [-0.4, -0.2) is 88.5 Å². The average Bonchev–Trinajstić information content (AvgIpc) is 2.94. The number of phenols is 1. The van der Waals surface area contributed by atoms with E-state index in [0.29, 0.717) is 0 Å². The third-order valence-electron chi connectivity index (χ3n) is 6.58. The lowest BCUT2D eigenvalue weighted by Gasteiger charge is -2.39. The Balaban J connectivity index is 1.87. The Hall–Kier alpha value is -4.34. The van der Waals surface area contributed by atoms with Gasteiger partial charge in [0.15, 0.2) is 34.7 Å². The number of benzene rings is 2. The summed E-state index contributed by atoms with van der Waals surface area (Å²) in [6, 6.07) is 4.79. The molecule has 0 unspecified atom stereocenters. The molecule has 5 atom stereocenters. The predicted molar refractivity (Wildman–Crippen MR) is 134 cm³/mol. The van der Waals surface area contributed by atoms with Gasteiger partial charge in [0, 0.05) is 17.7 Å². The maximum Gasteiger partial charge on any atom is 0.293 e. The van der Waals surface area contributed by atoms with Crippen LogP contribution in [0, 0.1) is 0 Å². The molecule has 6 N–H and O–H groups in total. The van der Waals surface area contributed by atoms with Gasteiger partial charge in [0.2, 0.25) is 12.0 Å². The van der Waals surface area contributed by atoms with E-state index >= 15 is 0 Å². The van der Waals surface area contributed by atoms with E-state index in [9.17, 15) is 40.2 Å². The van der Waals surface area contributed by atoms with Crippen molar-refractivity contribution in [1.29, 1.82) is 0 Å². The number of aromatic hydroxyl groups is 2. The van der Waals surface area contributed by atoms with Gasteiger partial charge in [-0.2, -0.15) is 0 Å². The van der Waals surface area contributed by atoms with Crippen molar-refractivity contribution >= 4 is 28.2 Å². The Morgan fingerprint density at radius 1 is 0.900 bits per heavy atom. The van der Waals surface area contributed by atoms with Crippen molar-refractivity contribution in [2.24, 2.45) is 0 Å². The zero-order valence-electron chi connectivity index (χ0n) is 20.9. The van der Waals surface area contributed by atoms with Crippen molar-refractivity contribution < 1.29 is 63.2 Å². The first-order valence-corrected chi connectivity index (χ1v) is 11.8. The number of aliphatic hydroxyl groups excluding tert-OH is 4. The van der Waals surface area contributed by atoms with Gasteiger partial charge in [0.25, 0.3) is 5.95 Å². The lowest BCUT2D eigenvalue weighted by Crippen LogP contribution is -2.60. The van der Waals surface area contributed by atoms with E-state index in [4.69, 9.17) is 27.8 Å². The number of phenolic OH excluding ortho intramolecular Hbond substituents is 1. The molecule has 14 heteroatoms. The van der Waals surface area contributed by atoms with Crippen molar-refractivity contribution in [1.82, 2.24) is 0 Å². The van der Waals surface area contributed by atoms with E-state index in [1.54, 1.807) is 0 Å². The number of hydrogen-bond acceptors (Lipinski definition) is 14. The van der Waals surface area contributed by atoms with Crippen molar-refractivity contribution in [3.05, 3.63) is 40.1 Å². The van der Waals surface area contributed by atoms with Gasteiger partial charge in [0.1, 0.15) is 41.1 Å². The second-order valence-electron chi connectivity index (χ2n) is 8.91. The van der Waals surface area contributed by atoms with E-state index in [2.05, 4.69) is 0 Å². The number of carbonyl (C=O) groups is 1. The molecule has 0 amide bonds. The topological polar surface area (TPSA) is 219 Å². The van der Waals surface area contributed by atoms with Crippen LogP contribution in [0.15, 0.2) is 37.9 Å². The standard InChI is InChI=1S/C26H24O14/c1-35-14-3-9(4-15(36-2)19(14)30)23-24(40-26-22(33)21(32)20(31)16(8-28)39-26)17-11(7-27)25(34)38-13-6-10(29)5-12(37-23)18(13)17/h3-7,16,20-22,26,28,30-34H,8H2,1-2H3/t16-,20-,21+,22-,26+/m1/s1. The molecular formula is C26H24O14. The van der Waals surface area contributed by atoms with Crippen molar-refractivity contribution in [3.8, 4) is 40.3 Å². The van der Waals surface area contributed by atoms with Gasteiger partial charge in [-0.1, -0.05) is 0 Å². The molecule has 40 heavy (non-hydrogen) atoms. The Labute approximate surface area is 223 Å². The molecule has 0 radical (unpaired) electrons. The largest absolute Gasteiger partial charge is 0.502 e. The van der Waals surface area contributed by atoms with Crippen LogP contribution in [0.5, 0.6) is 28.9 Å². The molecule has 0 aliphatic carbocycles. The first kappa shape index (κ1) is 27.2. The fourth-order valence-electron chi connectivity index (χ4n) is 4.60. The van der Waals surface area contributed by atoms with Gasteiger partial charge in [-0.05, 0) is 12.1 Å². The summed E-state index contributed by atoms with van der Waals surface area (Å²) in [6.45, 7) is -0.747. The van der Waals surface area contributed by atoms with Crippen LogP contribution in [0.2, 0.25) is 0 Å². The highest BCUT2D eigenvalue weighted by Crippen LogP contribution is 2.48. The van der Waals surface area contributed by atoms with Crippen LogP contribution in [0.25, 0.3) is 33.3 Å². The second kappa shape index (κ2) is 10.3. The predicted octanol–water partition coefficient (Wildman–Crippen LogP) is 0.626. The molecule has 1 aliphatic heterocycles. The minimum atomic E-state index is -1.86. The summed E-state index contributed by atoms with van der Waals surface area (Å²) in [5, 5.41) is 61.6. The van der Waals surface area contributed by atoms with Gasteiger partial charge in [0.05, 0.1) is 31.6 Å². The molecule has 14 nitrogen and oxygen atoms in total. The van der Waals surface area contributed by atoms with Gasteiger partial charge in [-0.25, -0.2) is 0 Å². The molecule has 212 valence electrons. The number of rotatable bonds is 7. The first-order valence-electron chi connectivity index (χ1n) is 11.8. The van der Waals surface area contributed by atoms with Crippen molar-refractivity contribution in [3.63, 3.8) is 0 Å². The van der Waals surface area contributed by atoms with Crippen molar-refractivity contribution in [2.45, 2.75) is 30.7 Å². The Morgan fingerprint density at radius 2 is 1.52 bits per heavy atom. The highest BCUT2D eigenvalue weighted by Gasteiger charge is 2.45. The summed E-state index contributed by atoms with van der Waals surface area (Å²) in [4.78, 5) is 24.6.